The van der Waals surface area contributed by atoms with Crippen molar-refractivity contribution in [2.75, 3.05) is 6.61 Å². The molecule has 2 rings (SSSR count). The van der Waals surface area contributed by atoms with Gasteiger partial charge in [-0.2, -0.15) is 0 Å². The number of benzene rings is 2. The number of aryl methyl sites for hydroxylation is 2. The third kappa shape index (κ3) is 4.78. The molecule has 2 aromatic carbocycles. The second-order valence-corrected chi connectivity index (χ2v) is 5.87. The van der Waals surface area contributed by atoms with E-state index >= 15 is 0 Å². The SMILES string of the molecule is Cc1cccc(C)c1OCC(=O)NNC(=O)c1cc(F)c(C)c([N+](=O)[O-])c1. The number of amides is 2. The Labute approximate surface area is 154 Å². The van der Waals surface area contributed by atoms with E-state index in [1.54, 1.807) is 0 Å². The summed E-state index contributed by atoms with van der Waals surface area (Å²) >= 11 is 0. The van der Waals surface area contributed by atoms with Crippen LogP contribution in [0, 0.1) is 36.7 Å². The average Bonchev–Trinajstić information content (AvgIpc) is 2.61. The number of rotatable bonds is 5. The summed E-state index contributed by atoms with van der Waals surface area (Å²) in [5.74, 6) is -1.86. The summed E-state index contributed by atoms with van der Waals surface area (Å²) in [7, 11) is 0. The molecular formula is C18H18FN3O5. The molecule has 27 heavy (non-hydrogen) atoms. The lowest BCUT2D eigenvalue weighted by molar-refractivity contribution is -0.385. The van der Waals surface area contributed by atoms with Crippen molar-refractivity contribution in [2.45, 2.75) is 20.8 Å². The molecule has 0 aliphatic heterocycles. The number of halogens is 1. The van der Waals surface area contributed by atoms with Crippen molar-refractivity contribution in [1.82, 2.24) is 10.9 Å². The molecule has 0 bridgehead atoms. The van der Waals surface area contributed by atoms with Crippen LogP contribution in [0.2, 0.25) is 0 Å². The maximum atomic E-state index is 13.8. The molecule has 8 nitrogen and oxygen atoms in total. The Morgan fingerprint density at radius 1 is 1.15 bits per heavy atom. The summed E-state index contributed by atoms with van der Waals surface area (Å²) in [6.45, 7) is 4.55. The van der Waals surface area contributed by atoms with E-state index in [0.717, 1.165) is 23.3 Å². The van der Waals surface area contributed by atoms with Gasteiger partial charge in [-0.3, -0.25) is 30.6 Å². The number of nitro groups is 1. The van der Waals surface area contributed by atoms with Gasteiger partial charge in [0.1, 0.15) is 11.6 Å². The number of carbonyl (C=O) groups is 2. The zero-order valence-corrected chi connectivity index (χ0v) is 15.0. The second-order valence-electron chi connectivity index (χ2n) is 5.87. The topological polar surface area (TPSA) is 111 Å². The monoisotopic (exact) mass is 375 g/mol. The highest BCUT2D eigenvalue weighted by Gasteiger charge is 2.19. The number of hydrazine groups is 1. The van der Waals surface area contributed by atoms with Crippen LogP contribution in [0.1, 0.15) is 27.0 Å². The number of hydrogen-bond acceptors (Lipinski definition) is 5. The molecule has 2 N–H and O–H groups in total. The highest BCUT2D eigenvalue weighted by molar-refractivity contribution is 5.96. The van der Waals surface area contributed by atoms with Gasteiger partial charge in [-0.25, -0.2) is 4.39 Å². The molecule has 0 radical (unpaired) electrons. The van der Waals surface area contributed by atoms with E-state index in [-0.39, 0.29) is 17.7 Å². The smallest absolute Gasteiger partial charge is 0.276 e. The Morgan fingerprint density at radius 3 is 2.37 bits per heavy atom. The van der Waals surface area contributed by atoms with E-state index in [1.165, 1.54) is 6.92 Å². The highest BCUT2D eigenvalue weighted by atomic mass is 19.1. The standard InChI is InChI=1S/C18H18FN3O5/c1-10-5-4-6-11(2)17(10)27-9-16(23)20-21-18(24)13-7-14(19)12(3)15(8-13)22(25)26/h4-8H,9H2,1-3H3,(H,20,23)(H,21,24). The molecule has 0 aliphatic rings. The van der Waals surface area contributed by atoms with Crippen LogP contribution in [0.15, 0.2) is 30.3 Å². The summed E-state index contributed by atoms with van der Waals surface area (Å²) in [5, 5.41) is 10.9. The molecule has 0 aliphatic carbocycles. The second kappa shape index (κ2) is 8.26. The molecule has 0 spiro atoms. The van der Waals surface area contributed by atoms with Gasteiger partial charge in [-0.1, -0.05) is 18.2 Å². The first-order chi connectivity index (χ1) is 12.7. The van der Waals surface area contributed by atoms with E-state index in [1.807, 2.05) is 32.0 Å². The fraction of sp³-hybridized carbons (Fsp3) is 0.222. The average molecular weight is 375 g/mol. The molecule has 142 valence electrons. The third-order valence-corrected chi connectivity index (χ3v) is 3.85. The minimum absolute atomic E-state index is 0.178. The van der Waals surface area contributed by atoms with Gasteiger partial charge >= 0.3 is 0 Å². The van der Waals surface area contributed by atoms with Crippen LogP contribution in [0.3, 0.4) is 0 Å². The van der Waals surface area contributed by atoms with E-state index < -0.39 is 28.2 Å². The van der Waals surface area contributed by atoms with E-state index in [4.69, 9.17) is 4.74 Å². The lowest BCUT2D eigenvalue weighted by Gasteiger charge is -2.12. The summed E-state index contributed by atoms with van der Waals surface area (Å²) in [5.41, 5.74) is 4.91. The van der Waals surface area contributed by atoms with Gasteiger partial charge in [0, 0.05) is 6.07 Å². The lowest BCUT2D eigenvalue weighted by Crippen LogP contribution is -2.43. The Balaban J connectivity index is 1.97. The van der Waals surface area contributed by atoms with Crippen molar-refractivity contribution in [2.24, 2.45) is 0 Å². The van der Waals surface area contributed by atoms with E-state index in [0.29, 0.717) is 5.75 Å². The van der Waals surface area contributed by atoms with Gasteiger partial charge in [0.15, 0.2) is 6.61 Å². The molecule has 0 aromatic heterocycles. The minimum atomic E-state index is -0.891. The first-order valence-corrected chi connectivity index (χ1v) is 7.93. The van der Waals surface area contributed by atoms with Crippen LogP contribution in [-0.2, 0) is 4.79 Å². The van der Waals surface area contributed by atoms with Crippen LogP contribution in [0.5, 0.6) is 5.75 Å². The summed E-state index contributed by atoms with van der Waals surface area (Å²) in [6.07, 6.45) is 0. The highest BCUT2D eigenvalue weighted by Crippen LogP contribution is 2.23. The predicted molar refractivity (Wildman–Crippen MR) is 94.8 cm³/mol. The molecule has 2 amide bonds. The van der Waals surface area contributed by atoms with Gasteiger partial charge in [-0.05, 0) is 38.0 Å². The predicted octanol–water partition coefficient (Wildman–Crippen LogP) is 2.50. The van der Waals surface area contributed by atoms with Crippen molar-refractivity contribution in [3.8, 4) is 5.75 Å². The maximum Gasteiger partial charge on any atom is 0.276 e. The Morgan fingerprint density at radius 2 is 1.78 bits per heavy atom. The largest absolute Gasteiger partial charge is 0.483 e. The normalized spacial score (nSPS) is 10.2. The van der Waals surface area contributed by atoms with Crippen molar-refractivity contribution < 1.29 is 23.6 Å². The van der Waals surface area contributed by atoms with Gasteiger partial charge in [0.05, 0.1) is 16.1 Å². The molecule has 0 fully saturated rings. The van der Waals surface area contributed by atoms with Crippen LogP contribution < -0.4 is 15.6 Å². The van der Waals surface area contributed by atoms with Crippen LogP contribution >= 0.6 is 0 Å². The number of hydrogen-bond donors (Lipinski definition) is 2. The number of nitro benzene ring substituents is 1. The Kier molecular flexibility index (Phi) is 6.07. The van der Waals surface area contributed by atoms with Crippen molar-refractivity contribution in [3.63, 3.8) is 0 Å². The lowest BCUT2D eigenvalue weighted by atomic mass is 10.1. The summed E-state index contributed by atoms with van der Waals surface area (Å²) < 4.78 is 19.2. The van der Waals surface area contributed by atoms with E-state index in [2.05, 4.69) is 10.9 Å². The maximum absolute atomic E-state index is 13.8. The van der Waals surface area contributed by atoms with Gasteiger partial charge in [0.25, 0.3) is 17.5 Å². The van der Waals surface area contributed by atoms with Gasteiger partial charge in [0.2, 0.25) is 0 Å². The molecule has 2 aromatic rings. The molecule has 0 heterocycles. The van der Waals surface area contributed by atoms with Crippen molar-refractivity contribution in [3.05, 3.63) is 68.5 Å². The van der Waals surface area contributed by atoms with Gasteiger partial charge < -0.3 is 4.74 Å². The summed E-state index contributed by atoms with van der Waals surface area (Å²) in [6, 6.07) is 7.32. The fourth-order valence-corrected chi connectivity index (χ4v) is 2.38. The van der Waals surface area contributed by atoms with E-state index in [9.17, 15) is 24.1 Å². The zero-order chi connectivity index (χ0) is 20.1. The van der Waals surface area contributed by atoms with Crippen LogP contribution in [0.25, 0.3) is 0 Å². The third-order valence-electron chi connectivity index (χ3n) is 3.85. The Hall–Kier alpha value is -3.49. The quantitative estimate of drug-likeness (QED) is 0.616. The minimum Gasteiger partial charge on any atom is -0.483 e. The first-order valence-electron chi connectivity index (χ1n) is 7.93. The number of nitrogens with zero attached hydrogens (tertiary/aromatic N) is 1. The number of para-hydroxylation sites is 1. The summed E-state index contributed by atoms with van der Waals surface area (Å²) in [4.78, 5) is 34.0. The molecule has 0 saturated heterocycles. The Bertz CT molecular complexity index is 894. The van der Waals surface area contributed by atoms with Crippen LogP contribution in [0.4, 0.5) is 10.1 Å². The number of nitrogens with one attached hydrogen (secondary N) is 2. The number of ether oxygens (including phenoxy) is 1. The zero-order valence-electron chi connectivity index (χ0n) is 15.0. The van der Waals surface area contributed by atoms with Gasteiger partial charge in [-0.15, -0.1) is 0 Å². The first kappa shape index (κ1) is 19.8. The molecule has 0 saturated carbocycles. The molecular weight excluding hydrogens is 357 g/mol. The fourth-order valence-electron chi connectivity index (χ4n) is 2.38. The van der Waals surface area contributed by atoms with Crippen LogP contribution in [-0.4, -0.2) is 23.3 Å². The molecule has 9 heteroatoms. The van der Waals surface area contributed by atoms with Crippen molar-refractivity contribution >= 4 is 17.5 Å². The van der Waals surface area contributed by atoms with Crippen molar-refractivity contribution in [1.29, 1.82) is 0 Å². The molecule has 0 atom stereocenters. The molecule has 0 unspecified atom stereocenters. The number of carbonyl (C=O) groups excluding carboxylic acids is 2.